The minimum absolute atomic E-state index is 0.000348. The number of halogens is 1. The molecule has 0 radical (unpaired) electrons. The van der Waals surface area contributed by atoms with Crippen molar-refractivity contribution in [2.75, 3.05) is 11.4 Å². The van der Waals surface area contributed by atoms with Crippen LogP contribution in [0.15, 0.2) is 41.5 Å². The van der Waals surface area contributed by atoms with E-state index in [0.717, 1.165) is 4.88 Å². The monoisotopic (exact) mass is 377 g/mol. The Balaban J connectivity index is 2.06. The fourth-order valence-corrected chi connectivity index (χ4v) is 3.22. The number of nitrogens with zero attached hydrogens (tertiary/aromatic N) is 1. The molecule has 1 aliphatic rings. The van der Waals surface area contributed by atoms with Crippen LogP contribution in [-0.4, -0.2) is 23.5 Å². The largest absolute Gasteiger partial charge is 0.481 e. The molecule has 3 rings (SSSR count). The van der Waals surface area contributed by atoms with Crippen molar-refractivity contribution in [3.8, 4) is 5.75 Å². The molecule has 0 spiro atoms. The van der Waals surface area contributed by atoms with Crippen molar-refractivity contribution in [2.24, 2.45) is 5.41 Å². The summed E-state index contributed by atoms with van der Waals surface area (Å²) in [5.74, 6) is -0.761. The van der Waals surface area contributed by atoms with Crippen LogP contribution in [0.25, 0.3) is 6.08 Å². The molecule has 1 aromatic heterocycles. The number of ether oxygens (including phenoxy) is 1. The van der Waals surface area contributed by atoms with Crippen LogP contribution in [0.5, 0.6) is 5.75 Å². The lowest BCUT2D eigenvalue weighted by Crippen LogP contribution is -2.45. The average Bonchev–Trinajstić information content (AvgIpc) is 3.05. The maximum absolute atomic E-state index is 12.9. The first-order valence-electron chi connectivity index (χ1n) is 7.56. The molecule has 0 unspecified atom stereocenters. The third-order valence-electron chi connectivity index (χ3n) is 3.84. The second-order valence-electron chi connectivity index (χ2n) is 6.32. The number of rotatable bonds is 4. The van der Waals surface area contributed by atoms with Crippen LogP contribution in [0, 0.1) is 5.41 Å². The van der Waals surface area contributed by atoms with Crippen LogP contribution in [-0.2, 0) is 9.59 Å². The van der Waals surface area contributed by atoms with Gasteiger partial charge >= 0.3 is 5.97 Å². The van der Waals surface area contributed by atoms with Gasteiger partial charge in [0.1, 0.15) is 0 Å². The minimum atomic E-state index is -1.12. The summed E-state index contributed by atoms with van der Waals surface area (Å²) in [5, 5.41) is 11.8. The van der Waals surface area contributed by atoms with E-state index in [1.165, 1.54) is 16.2 Å². The van der Waals surface area contributed by atoms with Gasteiger partial charge in [-0.15, -0.1) is 11.3 Å². The Labute approximate surface area is 154 Å². The zero-order valence-corrected chi connectivity index (χ0v) is 15.2. The number of carbonyl (C=O) groups is 2. The summed E-state index contributed by atoms with van der Waals surface area (Å²) in [7, 11) is 0. The number of carbonyl (C=O) groups excluding carboxylic acids is 1. The van der Waals surface area contributed by atoms with Gasteiger partial charge in [-0.05, 0) is 43.5 Å². The molecule has 2 aromatic rings. The SMILES string of the molecule is CC(C)(CN1C(=O)/C(=C\c2cccs2)Oc2ccc(Cl)cc21)C(=O)O. The van der Waals surface area contributed by atoms with Crippen molar-refractivity contribution in [1.82, 2.24) is 0 Å². The Bertz CT molecular complexity index is 858. The molecule has 1 amide bonds. The Morgan fingerprint density at radius 3 is 2.80 bits per heavy atom. The van der Waals surface area contributed by atoms with Gasteiger partial charge in [-0.3, -0.25) is 9.59 Å². The number of aliphatic carboxylic acids is 1. The van der Waals surface area contributed by atoms with E-state index in [1.807, 2.05) is 17.5 Å². The number of carboxylic acid groups (broad SMARTS) is 1. The molecule has 0 saturated carbocycles. The lowest BCUT2D eigenvalue weighted by molar-refractivity contribution is -0.146. The Hall–Kier alpha value is -2.31. The number of hydrogen-bond acceptors (Lipinski definition) is 4. The van der Waals surface area contributed by atoms with Crippen molar-refractivity contribution < 1.29 is 19.4 Å². The zero-order chi connectivity index (χ0) is 18.2. The molecule has 0 aliphatic carbocycles. The Morgan fingerprint density at radius 1 is 1.40 bits per heavy atom. The van der Waals surface area contributed by atoms with Crippen LogP contribution >= 0.6 is 22.9 Å². The molecular weight excluding hydrogens is 362 g/mol. The third-order valence-corrected chi connectivity index (χ3v) is 4.89. The normalized spacial score (nSPS) is 15.9. The standard InChI is InChI=1S/C18H16ClNO4S/c1-18(2,17(22)23)10-20-13-8-11(19)5-6-14(13)24-15(16(20)21)9-12-4-3-7-25-12/h3-9H,10H2,1-2H3,(H,22,23)/b15-9+. The molecule has 130 valence electrons. The molecule has 0 atom stereocenters. The van der Waals surface area contributed by atoms with E-state index in [0.29, 0.717) is 16.5 Å². The predicted octanol–water partition coefficient (Wildman–Crippen LogP) is 4.28. The highest BCUT2D eigenvalue weighted by Gasteiger charge is 2.37. The van der Waals surface area contributed by atoms with Crippen LogP contribution in [0.4, 0.5) is 5.69 Å². The molecule has 0 fully saturated rings. The van der Waals surface area contributed by atoms with E-state index < -0.39 is 17.3 Å². The summed E-state index contributed by atoms with van der Waals surface area (Å²) in [6.45, 7) is 3.15. The minimum Gasteiger partial charge on any atom is -0.481 e. The summed E-state index contributed by atoms with van der Waals surface area (Å²) in [6, 6.07) is 8.70. The van der Waals surface area contributed by atoms with Gasteiger partial charge < -0.3 is 14.7 Å². The van der Waals surface area contributed by atoms with E-state index in [9.17, 15) is 14.7 Å². The quantitative estimate of drug-likeness (QED) is 0.807. The van der Waals surface area contributed by atoms with E-state index in [-0.39, 0.29) is 12.3 Å². The second-order valence-corrected chi connectivity index (χ2v) is 7.73. The Morgan fingerprint density at radius 2 is 2.16 bits per heavy atom. The van der Waals surface area contributed by atoms with E-state index in [2.05, 4.69) is 0 Å². The first-order chi connectivity index (χ1) is 11.8. The van der Waals surface area contributed by atoms with Crippen molar-refractivity contribution in [3.63, 3.8) is 0 Å². The van der Waals surface area contributed by atoms with Gasteiger partial charge in [-0.25, -0.2) is 0 Å². The number of thiophene rings is 1. The molecule has 1 aromatic carbocycles. The molecule has 25 heavy (non-hydrogen) atoms. The van der Waals surface area contributed by atoms with Gasteiger partial charge in [-0.2, -0.15) is 0 Å². The summed E-state index contributed by atoms with van der Waals surface area (Å²) in [5.41, 5.74) is -0.657. The summed E-state index contributed by atoms with van der Waals surface area (Å²) in [4.78, 5) is 26.7. The topological polar surface area (TPSA) is 66.8 Å². The number of amides is 1. The van der Waals surface area contributed by atoms with Crippen LogP contribution in [0.3, 0.4) is 0 Å². The highest BCUT2D eigenvalue weighted by atomic mass is 35.5. The number of carboxylic acids is 1. The summed E-state index contributed by atoms with van der Waals surface area (Å²) < 4.78 is 5.75. The van der Waals surface area contributed by atoms with E-state index in [4.69, 9.17) is 16.3 Å². The first-order valence-corrected chi connectivity index (χ1v) is 8.81. The highest BCUT2D eigenvalue weighted by Crippen LogP contribution is 2.39. The van der Waals surface area contributed by atoms with Crippen LogP contribution in [0.2, 0.25) is 5.02 Å². The molecule has 1 N–H and O–H groups in total. The van der Waals surface area contributed by atoms with Crippen molar-refractivity contribution >= 4 is 46.6 Å². The molecule has 5 nitrogen and oxygen atoms in total. The van der Waals surface area contributed by atoms with Crippen molar-refractivity contribution in [3.05, 3.63) is 51.4 Å². The van der Waals surface area contributed by atoms with Gasteiger partial charge in [0.2, 0.25) is 0 Å². The van der Waals surface area contributed by atoms with E-state index >= 15 is 0 Å². The summed E-state index contributed by atoms with van der Waals surface area (Å²) in [6.07, 6.45) is 1.66. The van der Waals surface area contributed by atoms with Gasteiger partial charge in [0.15, 0.2) is 11.5 Å². The van der Waals surface area contributed by atoms with Crippen molar-refractivity contribution in [1.29, 1.82) is 0 Å². The Kier molecular flexibility index (Phi) is 4.58. The van der Waals surface area contributed by atoms with Crippen LogP contribution in [0.1, 0.15) is 18.7 Å². The molecule has 7 heteroatoms. The predicted molar refractivity (Wildman–Crippen MR) is 98.1 cm³/mol. The van der Waals surface area contributed by atoms with Gasteiger partial charge in [0.05, 0.1) is 11.1 Å². The molecule has 2 heterocycles. The second kappa shape index (κ2) is 6.54. The lowest BCUT2D eigenvalue weighted by Gasteiger charge is -2.34. The number of fused-ring (bicyclic) bond motifs is 1. The number of anilines is 1. The van der Waals surface area contributed by atoms with Gasteiger partial charge in [-0.1, -0.05) is 17.7 Å². The number of hydrogen-bond donors (Lipinski definition) is 1. The van der Waals surface area contributed by atoms with Gasteiger partial charge in [0, 0.05) is 22.5 Å². The van der Waals surface area contributed by atoms with Crippen LogP contribution < -0.4 is 9.64 Å². The van der Waals surface area contributed by atoms with Crippen molar-refractivity contribution in [2.45, 2.75) is 13.8 Å². The molecule has 1 aliphatic heterocycles. The molecule has 0 saturated heterocycles. The maximum atomic E-state index is 12.9. The third kappa shape index (κ3) is 3.55. The smallest absolute Gasteiger partial charge is 0.310 e. The summed E-state index contributed by atoms with van der Waals surface area (Å²) >= 11 is 7.53. The molecular formula is C18H16ClNO4S. The average molecular weight is 378 g/mol. The highest BCUT2D eigenvalue weighted by molar-refractivity contribution is 7.10. The fourth-order valence-electron chi connectivity index (χ4n) is 2.41. The van der Waals surface area contributed by atoms with Gasteiger partial charge in [0.25, 0.3) is 5.91 Å². The molecule has 0 bridgehead atoms. The maximum Gasteiger partial charge on any atom is 0.310 e. The van der Waals surface area contributed by atoms with E-state index in [1.54, 1.807) is 38.1 Å². The number of benzene rings is 1. The lowest BCUT2D eigenvalue weighted by atomic mass is 9.92. The zero-order valence-electron chi connectivity index (χ0n) is 13.7. The fraction of sp³-hybridized carbons (Fsp3) is 0.222. The first kappa shape index (κ1) is 17.5.